The fraction of sp³-hybridized carbons (Fsp3) is 0.250. The number of benzene rings is 2. The maximum Gasteiger partial charge on any atom is 0.134 e. The Morgan fingerprint density at radius 3 is 2.94 bits per heavy atom. The molecule has 1 aliphatic rings. The van der Waals surface area contributed by atoms with Gasteiger partial charge in [0.15, 0.2) is 0 Å². The van der Waals surface area contributed by atoms with Crippen LogP contribution in [0.25, 0.3) is 21.7 Å². The highest BCUT2D eigenvalue weighted by molar-refractivity contribution is 6.09. The van der Waals surface area contributed by atoms with Crippen molar-refractivity contribution in [3.05, 3.63) is 47.2 Å². The molecule has 1 heterocycles. The van der Waals surface area contributed by atoms with Crippen LogP contribution in [0.4, 0.5) is 0 Å². The van der Waals surface area contributed by atoms with Crippen LogP contribution in [0.15, 0.2) is 34.9 Å². The van der Waals surface area contributed by atoms with Gasteiger partial charge in [0.1, 0.15) is 5.58 Å². The van der Waals surface area contributed by atoms with Gasteiger partial charge in [-0.3, -0.25) is 0 Å². The molecule has 3 aromatic rings. The number of fused-ring (bicyclic) bond motifs is 5. The van der Waals surface area contributed by atoms with Crippen molar-refractivity contribution in [1.82, 2.24) is 0 Å². The van der Waals surface area contributed by atoms with Crippen LogP contribution in [0.2, 0.25) is 0 Å². The normalized spacial score (nSPS) is 14.6. The molecule has 4 rings (SSSR count). The van der Waals surface area contributed by atoms with Gasteiger partial charge in [0, 0.05) is 5.39 Å². The molecule has 1 aromatic heterocycles. The zero-order valence-electron chi connectivity index (χ0n) is 9.92. The third kappa shape index (κ3) is 1.14. The second-order valence-corrected chi connectivity index (χ2v) is 5.01. The smallest absolute Gasteiger partial charge is 0.134 e. The fourth-order valence-corrected chi connectivity index (χ4v) is 3.29. The molecule has 0 saturated heterocycles. The molecule has 1 aliphatic carbocycles. The first-order chi connectivity index (χ1) is 8.34. The Hall–Kier alpha value is -1.76. The molecule has 1 heteroatoms. The lowest BCUT2D eigenvalue weighted by Crippen LogP contribution is -1.89. The summed E-state index contributed by atoms with van der Waals surface area (Å²) in [5.41, 5.74) is 5.50. The average molecular weight is 222 g/mol. The van der Waals surface area contributed by atoms with E-state index in [0.29, 0.717) is 0 Å². The number of furan rings is 1. The summed E-state index contributed by atoms with van der Waals surface area (Å²) in [6, 6.07) is 8.80. The molecule has 0 spiro atoms. The van der Waals surface area contributed by atoms with E-state index in [9.17, 15) is 0 Å². The van der Waals surface area contributed by atoms with Crippen molar-refractivity contribution in [2.45, 2.75) is 26.2 Å². The van der Waals surface area contributed by atoms with Crippen LogP contribution in [-0.2, 0) is 12.8 Å². The first-order valence-electron chi connectivity index (χ1n) is 6.26. The topological polar surface area (TPSA) is 13.1 Å². The molecule has 0 unspecified atom stereocenters. The van der Waals surface area contributed by atoms with Crippen molar-refractivity contribution in [1.29, 1.82) is 0 Å². The molecule has 0 radical (unpaired) electrons. The third-order valence-corrected chi connectivity index (χ3v) is 4.01. The molecule has 0 aliphatic heterocycles. The van der Waals surface area contributed by atoms with Crippen molar-refractivity contribution < 1.29 is 4.42 Å². The van der Waals surface area contributed by atoms with E-state index in [1.165, 1.54) is 41.0 Å². The molecule has 0 bridgehead atoms. The first-order valence-corrected chi connectivity index (χ1v) is 6.26. The van der Waals surface area contributed by atoms with Gasteiger partial charge >= 0.3 is 0 Å². The van der Waals surface area contributed by atoms with E-state index < -0.39 is 0 Å². The molecule has 0 saturated carbocycles. The molecule has 84 valence electrons. The monoisotopic (exact) mass is 222 g/mol. The van der Waals surface area contributed by atoms with Crippen LogP contribution in [0.1, 0.15) is 23.1 Å². The molecule has 17 heavy (non-hydrogen) atoms. The summed E-state index contributed by atoms with van der Waals surface area (Å²) >= 11 is 0. The molecular weight excluding hydrogens is 208 g/mol. The fourth-order valence-electron chi connectivity index (χ4n) is 3.29. The van der Waals surface area contributed by atoms with Crippen molar-refractivity contribution >= 4 is 21.7 Å². The molecule has 1 nitrogen and oxygen atoms in total. The third-order valence-electron chi connectivity index (χ3n) is 4.01. The van der Waals surface area contributed by atoms with E-state index in [1.807, 2.05) is 0 Å². The molecule has 0 atom stereocenters. The highest BCUT2D eigenvalue weighted by atomic mass is 16.3. The summed E-state index contributed by atoms with van der Waals surface area (Å²) in [4.78, 5) is 0. The lowest BCUT2D eigenvalue weighted by molar-refractivity contribution is 0.616. The van der Waals surface area contributed by atoms with Gasteiger partial charge in [-0.25, -0.2) is 0 Å². The second kappa shape index (κ2) is 3.13. The highest BCUT2D eigenvalue weighted by Crippen LogP contribution is 2.36. The van der Waals surface area contributed by atoms with Crippen molar-refractivity contribution in [2.24, 2.45) is 0 Å². The minimum atomic E-state index is 0.999. The summed E-state index contributed by atoms with van der Waals surface area (Å²) in [6.45, 7) is 2.22. The first kappa shape index (κ1) is 9.29. The Morgan fingerprint density at radius 1 is 1.06 bits per heavy atom. The lowest BCUT2D eigenvalue weighted by atomic mass is 9.95. The van der Waals surface area contributed by atoms with Gasteiger partial charge in [-0.2, -0.15) is 0 Å². The Kier molecular flexibility index (Phi) is 1.71. The summed E-state index contributed by atoms with van der Waals surface area (Å²) in [5.74, 6) is 0. The highest BCUT2D eigenvalue weighted by Gasteiger charge is 2.17. The lowest BCUT2D eigenvalue weighted by Gasteiger charge is -2.09. The van der Waals surface area contributed by atoms with E-state index in [2.05, 4.69) is 31.2 Å². The Morgan fingerprint density at radius 2 is 2.00 bits per heavy atom. The van der Waals surface area contributed by atoms with Crippen LogP contribution in [-0.4, -0.2) is 0 Å². The molecule has 0 amide bonds. The van der Waals surface area contributed by atoms with E-state index in [1.54, 1.807) is 17.4 Å². The SMILES string of the molecule is Cc1cc2c(c3ccc4occc4c13)CCC2. The van der Waals surface area contributed by atoms with E-state index in [-0.39, 0.29) is 0 Å². The Balaban J connectivity index is 2.28. The van der Waals surface area contributed by atoms with Crippen molar-refractivity contribution in [3.8, 4) is 0 Å². The average Bonchev–Trinajstić information content (AvgIpc) is 2.94. The Bertz CT molecular complexity index is 734. The van der Waals surface area contributed by atoms with Gasteiger partial charge in [0.2, 0.25) is 0 Å². The van der Waals surface area contributed by atoms with E-state index in [4.69, 9.17) is 4.42 Å². The number of hydrogen-bond donors (Lipinski definition) is 0. The molecule has 0 N–H and O–H groups in total. The van der Waals surface area contributed by atoms with Gasteiger partial charge in [0.25, 0.3) is 0 Å². The second-order valence-electron chi connectivity index (χ2n) is 5.01. The van der Waals surface area contributed by atoms with Gasteiger partial charge in [-0.05, 0) is 65.8 Å². The molecule has 2 aromatic carbocycles. The summed E-state index contributed by atoms with van der Waals surface area (Å²) in [5, 5.41) is 4.08. The molecule has 0 fully saturated rings. The molecular formula is C16H14O. The summed E-state index contributed by atoms with van der Waals surface area (Å²) in [7, 11) is 0. The van der Waals surface area contributed by atoms with Crippen LogP contribution >= 0.6 is 0 Å². The summed E-state index contributed by atoms with van der Waals surface area (Å²) in [6.07, 6.45) is 5.57. The zero-order chi connectivity index (χ0) is 11.4. The van der Waals surface area contributed by atoms with Gasteiger partial charge in [-0.15, -0.1) is 0 Å². The quantitative estimate of drug-likeness (QED) is 0.550. The maximum atomic E-state index is 5.50. The number of rotatable bonds is 0. The standard InChI is InChI=1S/C16H14O/c1-10-9-11-3-2-4-12(11)13-5-6-15-14(16(10)13)7-8-17-15/h5-9H,2-4H2,1H3. The minimum Gasteiger partial charge on any atom is -0.464 e. The van der Waals surface area contributed by atoms with Crippen LogP contribution < -0.4 is 0 Å². The van der Waals surface area contributed by atoms with Gasteiger partial charge in [0.05, 0.1) is 6.26 Å². The van der Waals surface area contributed by atoms with E-state index >= 15 is 0 Å². The van der Waals surface area contributed by atoms with E-state index in [0.717, 1.165) is 5.58 Å². The zero-order valence-corrected chi connectivity index (χ0v) is 9.92. The Labute approximate surface area is 100 Å². The predicted molar refractivity (Wildman–Crippen MR) is 70.5 cm³/mol. The van der Waals surface area contributed by atoms with Crippen LogP contribution in [0, 0.1) is 6.92 Å². The largest absolute Gasteiger partial charge is 0.464 e. The number of hydrogen-bond acceptors (Lipinski definition) is 1. The van der Waals surface area contributed by atoms with Crippen molar-refractivity contribution in [3.63, 3.8) is 0 Å². The predicted octanol–water partition coefficient (Wildman–Crippen LogP) is 4.38. The minimum absolute atomic E-state index is 0.999. The van der Waals surface area contributed by atoms with Gasteiger partial charge in [-0.1, -0.05) is 12.1 Å². The van der Waals surface area contributed by atoms with Gasteiger partial charge < -0.3 is 4.42 Å². The number of aryl methyl sites for hydroxylation is 3. The maximum absolute atomic E-state index is 5.50. The van der Waals surface area contributed by atoms with Crippen molar-refractivity contribution in [2.75, 3.05) is 0 Å². The van der Waals surface area contributed by atoms with Crippen LogP contribution in [0.3, 0.4) is 0 Å². The van der Waals surface area contributed by atoms with Crippen LogP contribution in [0.5, 0.6) is 0 Å². The summed E-state index contributed by atoms with van der Waals surface area (Å²) < 4.78 is 5.50.